The number of hydrogen-bond donors (Lipinski definition) is 0. The highest BCUT2D eigenvalue weighted by Gasteiger charge is 2.19. The lowest BCUT2D eigenvalue weighted by Crippen LogP contribution is -2.31. The van der Waals surface area contributed by atoms with Crippen molar-refractivity contribution in [2.75, 3.05) is 0 Å². The molecule has 0 N–H and O–H groups in total. The Labute approximate surface area is 82.6 Å². The molecule has 0 aromatic rings. The van der Waals surface area contributed by atoms with Crippen LogP contribution in [-0.2, 0) is 9.47 Å². The lowest BCUT2D eigenvalue weighted by molar-refractivity contribution is -0.212. The van der Waals surface area contributed by atoms with Crippen molar-refractivity contribution < 1.29 is 9.47 Å². The van der Waals surface area contributed by atoms with Gasteiger partial charge in [-0.15, -0.1) is 0 Å². The van der Waals surface area contributed by atoms with Crippen LogP contribution < -0.4 is 0 Å². The van der Waals surface area contributed by atoms with Gasteiger partial charge in [0.1, 0.15) is 0 Å². The van der Waals surface area contributed by atoms with Crippen molar-refractivity contribution in [3.8, 4) is 0 Å². The first-order valence-corrected chi connectivity index (χ1v) is 5.18. The average Bonchev–Trinajstić information content (AvgIpc) is 1.81. The Hall–Kier alpha value is -0.0800. The maximum atomic E-state index is 5.77. The second kappa shape index (κ2) is 5.61. The highest BCUT2D eigenvalue weighted by molar-refractivity contribution is 4.61. The van der Waals surface area contributed by atoms with Crippen LogP contribution in [0, 0.1) is 0 Å². The molecule has 2 nitrogen and oxygen atoms in total. The van der Waals surface area contributed by atoms with Gasteiger partial charge >= 0.3 is 0 Å². The molecule has 0 rings (SSSR count). The molecule has 80 valence electrons. The van der Waals surface area contributed by atoms with Crippen LogP contribution in [0.25, 0.3) is 0 Å². The molecule has 1 unspecified atom stereocenters. The van der Waals surface area contributed by atoms with Crippen LogP contribution in [0.5, 0.6) is 0 Å². The summed E-state index contributed by atoms with van der Waals surface area (Å²) in [6, 6.07) is 0. The van der Waals surface area contributed by atoms with Gasteiger partial charge in [0.05, 0.1) is 11.7 Å². The molecule has 0 heterocycles. The van der Waals surface area contributed by atoms with E-state index >= 15 is 0 Å². The van der Waals surface area contributed by atoms with Crippen LogP contribution in [-0.4, -0.2) is 18.0 Å². The standard InChI is InChI=1S/C11H24O2/c1-7-8-10(12-9(2)3)13-11(4,5)6/h9-10H,7-8H2,1-6H3. The summed E-state index contributed by atoms with van der Waals surface area (Å²) in [5.74, 6) is 0. The molecule has 13 heavy (non-hydrogen) atoms. The Kier molecular flexibility index (Phi) is 5.57. The second-order valence-electron chi connectivity index (χ2n) is 4.63. The summed E-state index contributed by atoms with van der Waals surface area (Å²) in [7, 11) is 0. The normalized spacial score (nSPS) is 15.0. The summed E-state index contributed by atoms with van der Waals surface area (Å²) in [5, 5.41) is 0. The monoisotopic (exact) mass is 188 g/mol. The zero-order valence-corrected chi connectivity index (χ0v) is 9.89. The minimum Gasteiger partial charge on any atom is -0.350 e. The lowest BCUT2D eigenvalue weighted by atomic mass is 10.2. The van der Waals surface area contributed by atoms with E-state index in [1.807, 2.05) is 13.8 Å². The minimum absolute atomic E-state index is 0.0509. The molecule has 1 atom stereocenters. The SMILES string of the molecule is CCCC(OC(C)C)OC(C)(C)C. The largest absolute Gasteiger partial charge is 0.350 e. The van der Waals surface area contributed by atoms with E-state index in [0.29, 0.717) is 0 Å². The van der Waals surface area contributed by atoms with Gasteiger partial charge in [-0.25, -0.2) is 0 Å². The van der Waals surface area contributed by atoms with Crippen molar-refractivity contribution in [1.82, 2.24) is 0 Å². The van der Waals surface area contributed by atoms with Crippen LogP contribution in [0.3, 0.4) is 0 Å². The molecule has 0 amide bonds. The summed E-state index contributed by atoms with van der Waals surface area (Å²) in [5.41, 5.74) is -0.116. The van der Waals surface area contributed by atoms with E-state index in [4.69, 9.17) is 9.47 Å². The van der Waals surface area contributed by atoms with E-state index in [1.165, 1.54) is 0 Å². The van der Waals surface area contributed by atoms with Gasteiger partial charge < -0.3 is 9.47 Å². The summed E-state index contributed by atoms with van der Waals surface area (Å²) in [6.07, 6.45) is 2.24. The first-order valence-electron chi connectivity index (χ1n) is 5.18. The first-order chi connectivity index (χ1) is 5.85. The van der Waals surface area contributed by atoms with E-state index in [0.717, 1.165) is 12.8 Å². The van der Waals surface area contributed by atoms with Crippen molar-refractivity contribution in [3.63, 3.8) is 0 Å². The summed E-state index contributed by atoms with van der Waals surface area (Å²) in [6.45, 7) is 12.4. The van der Waals surface area contributed by atoms with Crippen LogP contribution in [0.1, 0.15) is 54.4 Å². The Balaban J connectivity index is 3.94. The molecule has 0 aromatic carbocycles. The van der Waals surface area contributed by atoms with Crippen LogP contribution in [0.4, 0.5) is 0 Å². The van der Waals surface area contributed by atoms with E-state index in [2.05, 4.69) is 27.7 Å². The minimum atomic E-state index is -0.116. The third-order valence-electron chi connectivity index (χ3n) is 1.43. The molecule has 0 spiro atoms. The van der Waals surface area contributed by atoms with Crippen molar-refractivity contribution in [3.05, 3.63) is 0 Å². The maximum Gasteiger partial charge on any atom is 0.158 e. The van der Waals surface area contributed by atoms with E-state index in [-0.39, 0.29) is 18.0 Å². The van der Waals surface area contributed by atoms with E-state index in [1.54, 1.807) is 0 Å². The Morgan fingerprint density at radius 1 is 1.15 bits per heavy atom. The van der Waals surface area contributed by atoms with Gasteiger partial charge in [0.2, 0.25) is 0 Å². The average molecular weight is 188 g/mol. The highest BCUT2D eigenvalue weighted by atomic mass is 16.7. The molecular formula is C11H24O2. The molecule has 0 aliphatic rings. The highest BCUT2D eigenvalue weighted by Crippen LogP contribution is 2.16. The van der Waals surface area contributed by atoms with Crippen LogP contribution >= 0.6 is 0 Å². The predicted octanol–water partition coefficient (Wildman–Crippen LogP) is 3.35. The summed E-state index contributed by atoms with van der Waals surface area (Å²) >= 11 is 0. The number of ether oxygens (including phenoxy) is 2. The Bertz CT molecular complexity index is 125. The van der Waals surface area contributed by atoms with E-state index < -0.39 is 0 Å². The zero-order chi connectivity index (χ0) is 10.5. The van der Waals surface area contributed by atoms with Crippen molar-refractivity contribution in [2.45, 2.75) is 72.4 Å². The number of hydrogen-bond acceptors (Lipinski definition) is 2. The van der Waals surface area contributed by atoms with Crippen molar-refractivity contribution in [2.24, 2.45) is 0 Å². The molecular weight excluding hydrogens is 164 g/mol. The quantitative estimate of drug-likeness (QED) is 0.616. The third-order valence-corrected chi connectivity index (χ3v) is 1.43. The van der Waals surface area contributed by atoms with Crippen LogP contribution in [0.2, 0.25) is 0 Å². The molecule has 0 aliphatic heterocycles. The Morgan fingerprint density at radius 2 is 1.69 bits per heavy atom. The number of rotatable bonds is 5. The van der Waals surface area contributed by atoms with Gasteiger partial charge in [-0.1, -0.05) is 13.3 Å². The molecule has 0 fully saturated rings. The third kappa shape index (κ3) is 8.26. The smallest absolute Gasteiger partial charge is 0.158 e. The summed E-state index contributed by atoms with van der Waals surface area (Å²) in [4.78, 5) is 0. The van der Waals surface area contributed by atoms with Crippen molar-refractivity contribution in [1.29, 1.82) is 0 Å². The second-order valence-corrected chi connectivity index (χ2v) is 4.63. The van der Waals surface area contributed by atoms with Gasteiger partial charge in [0.15, 0.2) is 6.29 Å². The molecule has 0 saturated heterocycles. The molecule has 0 radical (unpaired) electrons. The fourth-order valence-electron chi connectivity index (χ4n) is 1.09. The van der Waals surface area contributed by atoms with Gasteiger partial charge in [-0.3, -0.25) is 0 Å². The van der Waals surface area contributed by atoms with Crippen molar-refractivity contribution >= 4 is 0 Å². The molecule has 0 saturated carbocycles. The Morgan fingerprint density at radius 3 is 2.00 bits per heavy atom. The lowest BCUT2D eigenvalue weighted by Gasteiger charge is -2.28. The topological polar surface area (TPSA) is 18.5 Å². The zero-order valence-electron chi connectivity index (χ0n) is 9.89. The van der Waals surface area contributed by atoms with E-state index in [9.17, 15) is 0 Å². The molecule has 0 aromatic heterocycles. The van der Waals surface area contributed by atoms with Gasteiger partial charge in [-0.05, 0) is 41.0 Å². The first kappa shape index (κ1) is 12.9. The van der Waals surface area contributed by atoms with Gasteiger partial charge in [0.25, 0.3) is 0 Å². The molecule has 0 aliphatic carbocycles. The fraction of sp³-hybridized carbons (Fsp3) is 1.00. The molecule has 0 bridgehead atoms. The maximum absolute atomic E-state index is 5.77. The van der Waals surface area contributed by atoms with Gasteiger partial charge in [0, 0.05) is 0 Å². The predicted molar refractivity (Wildman–Crippen MR) is 55.8 cm³/mol. The molecule has 2 heteroatoms. The van der Waals surface area contributed by atoms with Gasteiger partial charge in [-0.2, -0.15) is 0 Å². The fourth-order valence-corrected chi connectivity index (χ4v) is 1.09. The van der Waals surface area contributed by atoms with Crippen LogP contribution in [0.15, 0.2) is 0 Å². The summed E-state index contributed by atoms with van der Waals surface area (Å²) < 4.78 is 11.4.